The van der Waals surface area contributed by atoms with E-state index in [1.54, 1.807) is 34.4 Å². The topological polar surface area (TPSA) is 94.9 Å². The summed E-state index contributed by atoms with van der Waals surface area (Å²) in [5, 5.41) is 9.29. The average molecular weight is 419 g/mol. The van der Waals surface area contributed by atoms with Gasteiger partial charge in [0.1, 0.15) is 36.4 Å². The molecule has 1 aromatic carbocycles. The van der Waals surface area contributed by atoms with Gasteiger partial charge in [0, 0.05) is 5.56 Å². The third kappa shape index (κ3) is 7.08. The van der Waals surface area contributed by atoms with Crippen molar-refractivity contribution in [1.29, 1.82) is 5.26 Å². The fraction of sp³-hybridized carbons (Fsp3) is 0.500. The molecule has 0 aliphatic rings. The van der Waals surface area contributed by atoms with Gasteiger partial charge in [0.15, 0.2) is 0 Å². The molecule has 30 heavy (non-hydrogen) atoms. The van der Waals surface area contributed by atoms with E-state index in [0.717, 1.165) is 5.56 Å². The van der Waals surface area contributed by atoms with Gasteiger partial charge in [0.2, 0.25) is 0 Å². The van der Waals surface area contributed by atoms with E-state index in [9.17, 15) is 14.9 Å². The summed E-state index contributed by atoms with van der Waals surface area (Å²) in [4.78, 5) is 24.0. The van der Waals surface area contributed by atoms with Crippen LogP contribution in [0.3, 0.4) is 0 Å². The van der Waals surface area contributed by atoms with Crippen molar-refractivity contribution in [3.63, 3.8) is 0 Å². The quantitative estimate of drug-likeness (QED) is 0.188. The number of benzene rings is 1. The van der Waals surface area contributed by atoms with Gasteiger partial charge in [-0.05, 0) is 37.5 Å². The molecule has 0 radical (unpaired) electrons. The molecule has 0 spiro atoms. The van der Waals surface area contributed by atoms with E-state index in [1.165, 1.54) is 6.08 Å². The van der Waals surface area contributed by atoms with Crippen molar-refractivity contribution in [2.24, 2.45) is 0 Å². The molecule has 1 unspecified atom stereocenters. The number of rotatable bonds is 10. The third-order valence-corrected chi connectivity index (χ3v) is 4.81. The Hall–Kier alpha value is -3.05. The summed E-state index contributed by atoms with van der Waals surface area (Å²) in [6.07, 6.45) is 1.55. The molecule has 0 aromatic heterocycles. The maximum Gasteiger partial charge on any atom is 0.515 e. The minimum Gasteiger partial charge on any atom is -0.497 e. The summed E-state index contributed by atoms with van der Waals surface area (Å²) in [7, 11) is 6.62. The van der Waals surface area contributed by atoms with E-state index >= 15 is 0 Å². The number of methoxy groups -OCH3 is 2. The van der Waals surface area contributed by atoms with Crippen LogP contribution in [0.15, 0.2) is 29.8 Å². The van der Waals surface area contributed by atoms with Crippen LogP contribution < -0.4 is 9.47 Å². The van der Waals surface area contributed by atoms with Crippen LogP contribution in [0.4, 0.5) is 4.79 Å². The maximum atomic E-state index is 12.1. The third-order valence-electron chi connectivity index (χ3n) is 4.81. The summed E-state index contributed by atoms with van der Waals surface area (Å²) in [5.74, 6) is 0.623. The molecular weight excluding hydrogens is 388 g/mol. The van der Waals surface area contributed by atoms with Crippen LogP contribution in [-0.4, -0.2) is 64.6 Å². The van der Waals surface area contributed by atoms with Gasteiger partial charge in [-0.15, -0.1) is 0 Å². The summed E-state index contributed by atoms with van der Waals surface area (Å²) >= 11 is 0. The minimum absolute atomic E-state index is 0.0267. The van der Waals surface area contributed by atoms with Crippen molar-refractivity contribution >= 4 is 12.1 Å². The van der Waals surface area contributed by atoms with Crippen LogP contribution in [0.1, 0.15) is 31.7 Å². The number of nitrogens with zero attached hydrogens (tertiary/aromatic N) is 2. The molecular formula is C22H31N2O6+. The number of carbonyl (C=O) groups is 2. The molecule has 1 aromatic rings. The summed E-state index contributed by atoms with van der Waals surface area (Å²) < 4.78 is 20.9. The van der Waals surface area contributed by atoms with Gasteiger partial charge in [-0.1, -0.05) is 13.0 Å². The number of hydrogen-bond donors (Lipinski definition) is 0. The summed E-state index contributed by atoms with van der Waals surface area (Å²) in [6, 6.07) is 7.35. The van der Waals surface area contributed by atoms with Crippen LogP contribution in [0, 0.1) is 11.3 Å². The lowest BCUT2D eigenvalue weighted by molar-refractivity contribution is -0.815. The van der Waals surface area contributed by atoms with Gasteiger partial charge in [-0.3, -0.25) is 0 Å². The molecule has 0 fully saturated rings. The van der Waals surface area contributed by atoms with Gasteiger partial charge < -0.3 is 18.9 Å². The molecule has 0 aliphatic heterocycles. The van der Waals surface area contributed by atoms with Gasteiger partial charge in [-0.2, -0.15) is 10.1 Å². The second kappa shape index (κ2) is 11.8. The van der Waals surface area contributed by atoms with E-state index in [1.807, 2.05) is 32.0 Å². The predicted molar refractivity (Wildman–Crippen MR) is 111 cm³/mol. The van der Waals surface area contributed by atoms with Crippen LogP contribution >= 0.6 is 0 Å². The van der Waals surface area contributed by atoms with E-state index in [2.05, 4.69) is 0 Å². The monoisotopic (exact) mass is 419 g/mol. The second-order valence-electron chi connectivity index (χ2n) is 7.23. The Balaban J connectivity index is 2.66. The molecule has 0 aliphatic carbocycles. The van der Waals surface area contributed by atoms with Gasteiger partial charge in [0.25, 0.3) is 0 Å². The van der Waals surface area contributed by atoms with Crippen molar-refractivity contribution in [3.8, 4) is 17.6 Å². The smallest absolute Gasteiger partial charge is 0.497 e. The first-order chi connectivity index (χ1) is 14.2. The fourth-order valence-corrected chi connectivity index (χ4v) is 2.47. The van der Waals surface area contributed by atoms with Crippen LogP contribution in [-0.2, 0) is 14.3 Å². The lowest BCUT2D eigenvalue weighted by Gasteiger charge is -2.23. The molecule has 8 heteroatoms. The van der Waals surface area contributed by atoms with E-state index in [-0.39, 0.29) is 29.2 Å². The Morgan fingerprint density at radius 2 is 1.83 bits per heavy atom. The zero-order valence-electron chi connectivity index (χ0n) is 18.6. The highest BCUT2D eigenvalue weighted by atomic mass is 16.6. The van der Waals surface area contributed by atoms with Crippen molar-refractivity contribution in [1.82, 2.24) is 0 Å². The second-order valence-corrected chi connectivity index (χ2v) is 7.23. The highest BCUT2D eigenvalue weighted by Gasteiger charge is 2.26. The Bertz CT molecular complexity index is 810. The van der Waals surface area contributed by atoms with Gasteiger partial charge >= 0.3 is 12.1 Å². The van der Waals surface area contributed by atoms with E-state index in [0.29, 0.717) is 24.5 Å². The number of amides is 1. The van der Waals surface area contributed by atoms with Crippen molar-refractivity contribution in [2.45, 2.75) is 26.2 Å². The Labute approximate surface area is 178 Å². The first kappa shape index (κ1) is 25.0. The minimum atomic E-state index is -0.748. The first-order valence-electron chi connectivity index (χ1n) is 9.69. The first-order valence-corrected chi connectivity index (χ1v) is 9.69. The standard InChI is InChI=1S/C22H31N2O6/c1-7-24(3,4)22(26)30-13-12-29-21(25)17(15-23)9-8-16(2)19-14-18(27-5)10-11-20(19)28-6/h9-11,14,16H,7-8,12-13H2,1-6H3/q+1/b17-9+. The van der Waals surface area contributed by atoms with Crippen molar-refractivity contribution in [2.75, 3.05) is 48.1 Å². The molecule has 0 saturated carbocycles. The Kier molecular flexibility index (Phi) is 9.85. The Morgan fingerprint density at radius 1 is 1.17 bits per heavy atom. The number of quaternary nitrogens is 1. The average Bonchev–Trinajstić information content (AvgIpc) is 2.75. The van der Waals surface area contributed by atoms with Crippen LogP contribution in [0.25, 0.3) is 0 Å². The number of allylic oxidation sites excluding steroid dienone is 1. The highest BCUT2D eigenvalue weighted by molar-refractivity contribution is 5.92. The predicted octanol–water partition coefficient (Wildman–Crippen LogP) is 3.42. The molecule has 164 valence electrons. The Morgan fingerprint density at radius 3 is 2.40 bits per heavy atom. The SMILES string of the molecule is CC[N+](C)(C)C(=O)OCCOC(=O)/C(C#N)=C/CC(C)c1cc(OC)ccc1OC. The molecule has 0 saturated heterocycles. The molecule has 0 heterocycles. The van der Waals surface area contributed by atoms with Crippen molar-refractivity contribution in [3.05, 3.63) is 35.4 Å². The number of esters is 1. The largest absolute Gasteiger partial charge is 0.515 e. The zero-order chi connectivity index (χ0) is 22.7. The molecule has 0 N–H and O–H groups in total. The van der Waals surface area contributed by atoms with Crippen molar-refractivity contribution < 1.29 is 33.0 Å². The lowest BCUT2D eigenvalue weighted by Crippen LogP contribution is -2.45. The van der Waals surface area contributed by atoms with E-state index < -0.39 is 12.1 Å². The number of nitriles is 1. The van der Waals surface area contributed by atoms with Crippen LogP contribution in [0.2, 0.25) is 0 Å². The van der Waals surface area contributed by atoms with Gasteiger partial charge in [-0.25, -0.2) is 9.28 Å². The van der Waals surface area contributed by atoms with E-state index in [4.69, 9.17) is 18.9 Å². The number of carbonyl (C=O) groups excluding carboxylic acids is 2. The highest BCUT2D eigenvalue weighted by Crippen LogP contribution is 2.32. The summed E-state index contributed by atoms with van der Waals surface area (Å²) in [6.45, 7) is 4.22. The number of ether oxygens (including phenoxy) is 4. The zero-order valence-corrected chi connectivity index (χ0v) is 18.6. The number of hydrogen-bond acceptors (Lipinski definition) is 7. The lowest BCUT2D eigenvalue weighted by atomic mass is 9.95. The maximum absolute atomic E-state index is 12.1. The normalized spacial score (nSPS) is 12.5. The molecule has 8 nitrogen and oxygen atoms in total. The molecule has 1 amide bonds. The fourth-order valence-electron chi connectivity index (χ4n) is 2.47. The molecule has 1 atom stereocenters. The summed E-state index contributed by atoms with van der Waals surface area (Å²) in [5.41, 5.74) is 0.807. The van der Waals surface area contributed by atoms with Gasteiger partial charge in [0.05, 0.1) is 34.9 Å². The molecule has 1 rings (SSSR count). The van der Waals surface area contributed by atoms with Crippen LogP contribution in [0.5, 0.6) is 11.5 Å². The molecule has 0 bridgehead atoms.